The number of thiocarbonyl (C=S) groups is 1. The lowest BCUT2D eigenvalue weighted by molar-refractivity contribution is -0.384. The van der Waals surface area contributed by atoms with Gasteiger partial charge in [0.05, 0.1) is 22.1 Å². The topological polar surface area (TPSA) is 85.8 Å². The van der Waals surface area contributed by atoms with Crippen LogP contribution in [-0.2, 0) is 0 Å². The number of carbonyl (C=O) groups is 1. The normalized spacial score (nSPS) is 15.0. The zero-order valence-corrected chi connectivity index (χ0v) is 17.9. The first-order valence-electron chi connectivity index (χ1n) is 9.31. The lowest BCUT2D eigenvalue weighted by atomic mass is 10.1. The molecule has 156 valence electrons. The molecule has 1 aliphatic rings. The van der Waals surface area contributed by atoms with Crippen LogP contribution in [0.25, 0.3) is 17.4 Å². The van der Waals surface area contributed by atoms with Gasteiger partial charge in [0.25, 0.3) is 10.9 Å². The van der Waals surface area contributed by atoms with E-state index in [1.165, 1.54) is 17.0 Å². The van der Waals surface area contributed by atoms with E-state index >= 15 is 0 Å². The van der Waals surface area contributed by atoms with Gasteiger partial charge in [-0.15, -0.1) is 0 Å². The van der Waals surface area contributed by atoms with Crippen LogP contribution in [0.4, 0.5) is 16.2 Å². The summed E-state index contributed by atoms with van der Waals surface area (Å²) in [6.07, 6.45) is 1.72. The van der Waals surface area contributed by atoms with Crippen LogP contribution in [-0.4, -0.2) is 21.8 Å². The number of thioether (sulfide) groups is 1. The highest BCUT2D eigenvalue weighted by Gasteiger charge is 2.33. The molecule has 1 fully saturated rings. The second-order valence-corrected chi connectivity index (χ2v) is 7.83. The van der Waals surface area contributed by atoms with E-state index in [-0.39, 0.29) is 10.9 Å². The summed E-state index contributed by atoms with van der Waals surface area (Å²) in [5.41, 5.74) is 1.39. The number of anilines is 1. The number of hydrogen-bond donors (Lipinski definition) is 0. The Kier molecular flexibility index (Phi) is 5.88. The molecule has 0 unspecified atom stereocenters. The first-order chi connectivity index (χ1) is 15.0. The number of nitro groups is 1. The van der Waals surface area contributed by atoms with E-state index in [0.29, 0.717) is 39.3 Å². The van der Waals surface area contributed by atoms with Gasteiger partial charge in [-0.05, 0) is 73.3 Å². The first-order valence-corrected chi connectivity index (χ1v) is 10.5. The van der Waals surface area contributed by atoms with E-state index in [0.717, 1.165) is 17.5 Å². The number of ether oxygens (including phenoxy) is 1. The number of rotatable bonds is 6. The van der Waals surface area contributed by atoms with Crippen LogP contribution >= 0.6 is 24.0 Å². The van der Waals surface area contributed by atoms with Crippen molar-refractivity contribution in [2.24, 2.45) is 0 Å². The van der Waals surface area contributed by atoms with E-state index in [4.69, 9.17) is 21.4 Å². The van der Waals surface area contributed by atoms with E-state index in [1.807, 2.05) is 6.92 Å². The highest BCUT2D eigenvalue weighted by molar-refractivity contribution is 8.20. The molecule has 0 saturated carbocycles. The Hall–Kier alpha value is -3.43. The quantitative estimate of drug-likeness (QED) is 0.188. The molecule has 4 rings (SSSR count). The number of hydrogen-bond acceptors (Lipinski definition) is 7. The van der Waals surface area contributed by atoms with Crippen LogP contribution in [0.3, 0.4) is 0 Å². The summed E-state index contributed by atoms with van der Waals surface area (Å²) < 4.78 is 11.3. The monoisotopic (exact) mass is 452 g/mol. The molecule has 0 N–H and O–H groups in total. The number of furan rings is 1. The molecule has 7 nitrogen and oxygen atoms in total. The molecule has 1 aliphatic heterocycles. The van der Waals surface area contributed by atoms with Crippen molar-refractivity contribution in [2.75, 3.05) is 11.5 Å². The van der Waals surface area contributed by atoms with Crippen molar-refractivity contribution in [2.45, 2.75) is 6.92 Å². The molecule has 0 bridgehead atoms. The molecule has 0 atom stereocenters. The fraction of sp³-hybridized carbons (Fsp3) is 0.0909. The maximum absolute atomic E-state index is 12.6. The minimum absolute atomic E-state index is 0.0123. The SMILES string of the molecule is CCOc1ccc(N2C(=O)SC(=Cc3ccc(-c4ccc([N+](=O)[O-])cc4)o3)C2=S)cc1. The van der Waals surface area contributed by atoms with Crippen LogP contribution in [0.15, 0.2) is 70.0 Å². The van der Waals surface area contributed by atoms with E-state index in [1.54, 1.807) is 54.6 Å². The van der Waals surface area contributed by atoms with Crippen molar-refractivity contribution in [3.63, 3.8) is 0 Å². The summed E-state index contributed by atoms with van der Waals surface area (Å²) >= 11 is 6.56. The molecule has 1 saturated heterocycles. The molecular formula is C22H16N2O5S2. The molecule has 1 aromatic heterocycles. The van der Waals surface area contributed by atoms with Crippen LogP contribution in [0.2, 0.25) is 0 Å². The van der Waals surface area contributed by atoms with Gasteiger partial charge < -0.3 is 9.15 Å². The Labute approximate surface area is 187 Å². The standard InChI is InChI=1S/C22H16N2O5S2/c1-2-28-17-9-7-15(8-10-17)23-21(30)20(31-22(23)25)13-18-11-12-19(29-18)14-3-5-16(6-4-14)24(26)27/h3-13H,2H2,1H3. The number of carbonyl (C=O) groups excluding carboxylic acids is 1. The molecule has 0 aliphatic carbocycles. The lowest BCUT2D eigenvalue weighted by Gasteiger charge is -2.15. The van der Waals surface area contributed by atoms with Gasteiger partial charge in [-0.3, -0.25) is 19.8 Å². The molecule has 31 heavy (non-hydrogen) atoms. The highest BCUT2D eigenvalue weighted by atomic mass is 32.2. The van der Waals surface area contributed by atoms with Crippen molar-refractivity contribution in [1.82, 2.24) is 0 Å². The largest absolute Gasteiger partial charge is 0.494 e. The van der Waals surface area contributed by atoms with Crippen molar-refractivity contribution >= 4 is 51.7 Å². The second-order valence-electron chi connectivity index (χ2n) is 6.45. The fourth-order valence-corrected chi connectivity index (χ4v) is 4.27. The molecule has 1 amide bonds. The van der Waals surface area contributed by atoms with E-state index < -0.39 is 4.92 Å². The van der Waals surface area contributed by atoms with Crippen molar-refractivity contribution < 1.29 is 18.9 Å². The number of nitrogens with zero attached hydrogens (tertiary/aromatic N) is 2. The number of benzene rings is 2. The van der Waals surface area contributed by atoms with Crippen LogP contribution in [0, 0.1) is 10.1 Å². The maximum atomic E-state index is 12.6. The van der Waals surface area contributed by atoms with Gasteiger partial charge in [0.1, 0.15) is 22.3 Å². The Morgan fingerprint density at radius 2 is 1.84 bits per heavy atom. The summed E-state index contributed by atoms with van der Waals surface area (Å²) in [4.78, 5) is 25.4. The minimum Gasteiger partial charge on any atom is -0.494 e. The Bertz CT molecular complexity index is 1180. The van der Waals surface area contributed by atoms with Crippen LogP contribution in [0.1, 0.15) is 12.7 Å². The summed E-state index contributed by atoms with van der Waals surface area (Å²) in [7, 11) is 0. The van der Waals surface area contributed by atoms with Gasteiger partial charge in [0.2, 0.25) is 0 Å². The minimum atomic E-state index is -0.451. The van der Waals surface area contributed by atoms with Gasteiger partial charge in [-0.2, -0.15) is 0 Å². The van der Waals surface area contributed by atoms with Crippen LogP contribution in [0.5, 0.6) is 5.75 Å². The Balaban J connectivity index is 1.54. The summed E-state index contributed by atoms with van der Waals surface area (Å²) in [5.74, 6) is 1.81. The predicted molar refractivity (Wildman–Crippen MR) is 124 cm³/mol. The molecule has 3 aromatic rings. The molecule has 9 heteroatoms. The van der Waals surface area contributed by atoms with Crippen molar-refractivity contribution in [1.29, 1.82) is 0 Å². The second kappa shape index (κ2) is 8.75. The smallest absolute Gasteiger partial charge is 0.296 e. The average molecular weight is 453 g/mol. The number of non-ortho nitro benzene ring substituents is 1. The summed E-state index contributed by atoms with van der Waals surface area (Å²) in [6.45, 7) is 2.47. The Morgan fingerprint density at radius 1 is 1.13 bits per heavy atom. The summed E-state index contributed by atoms with van der Waals surface area (Å²) in [5, 5.41) is 10.6. The molecule has 2 heterocycles. The highest BCUT2D eigenvalue weighted by Crippen LogP contribution is 2.37. The average Bonchev–Trinajstić information content (AvgIpc) is 3.34. The number of amides is 1. The van der Waals surface area contributed by atoms with Crippen molar-refractivity contribution in [3.8, 4) is 17.1 Å². The van der Waals surface area contributed by atoms with Gasteiger partial charge in [-0.1, -0.05) is 12.2 Å². The molecule has 0 radical (unpaired) electrons. The molecule has 0 spiro atoms. The third-order valence-electron chi connectivity index (χ3n) is 4.46. The lowest BCUT2D eigenvalue weighted by Crippen LogP contribution is -2.26. The predicted octanol–water partition coefficient (Wildman–Crippen LogP) is 6.30. The number of nitro benzene ring substituents is 1. The van der Waals surface area contributed by atoms with Crippen LogP contribution < -0.4 is 9.64 Å². The fourth-order valence-electron chi connectivity index (χ4n) is 3.01. The van der Waals surface area contributed by atoms with E-state index in [2.05, 4.69) is 0 Å². The zero-order chi connectivity index (χ0) is 22.0. The third kappa shape index (κ3) is 4.37. The van der Waals surface area contributed by atoms with Gasteiger partial charge in [0.15, 0.2) is 0 Å². The summed E-state index contributed by atoms with van der Waals surface area (Å²) in [6, 6.07) is 16.8. The van der Waals surface area contributed by atoms with Gasteiger partial charge in [-0.25, -0.2) is 0 Å². The third-order valence-corrected chi connectivity index (χ3v) is 5.88. The zero-order valence-electron chi connectivity index (χ0n) is 16.3. The molecular weight excluding hydrogens is 436 g/mol. The van der Waals surface area contributed by atoms with E-state index in [9.17, 15) is 14.9 Å². The van der Waals surface area contributed by atoms with Gasteiger partial charge in [0, 0.05) is 17.7 Å². The molecule has 2 aromatic carbocycles. The van der Waals surface area contributed by atoms with Gasteiger partial charge >= 0.3 is 0 Å². The Morgan fingerprint density at radius 3 is 2.48 bits per heavy atom. The first kappa shape index (κ1) is 20.8. The maximum Gasteiger partial charge on any atom is 0.296 e. The van der Waals surface area contributed by atoms with Crippen molar-refractivity contribution in [3.05, 3.63) is 81.4 Å².